The Bertz CT molecular complexity index is 2970. The summed E-state index contributed by atoms with van der Waals surface area (Å²) in [5.41, 5.74) is 11.4. The van der Waals surface area contributed by atoms with E-state index in [2.05, 4.69) is 115 Å². The van der Waals surface area contributed by atoms with E-state index < -0.39 is 0 Å². The van der Waals surface area contributed by atoms with Crippen LogP contribution < -0.4 is 0 Å². The van der Waals surface area contributed by atoms with E-state index >= 15 is 0 Å². The third kappa shape index (κ3) is 6.18. The van der Waals surface area contributed by atoms with E-state index in [0.717, 1.165) is 82.6 Å². The zero-order valence-corrected chi connectivity index (χ0v) is 30.1. The summed E-state index contributed by atoms with van der Waals surface area (Å²) in [5.74, 6) is 1.90. The Labute approximate surface area is 318 Å². The molecule has 0 fully saturated rings. The lowest BCUT2D eigenvalue weighted by atomic mass is 9.93. The van der Waals surface area contributed by atoms with Crippen molar-refractivity contribution in [2.75, 3.05) is 0 Å². The van der Waals surface area contributed by atoms with Crippen LogP contribution in [0.4, 0.5) is 0 Å². The standard InChI is InChI=1S/C50H33N5/c1-32-16-18-33(19-17-32)40-28-41(30-42(29-40)50-54-48(34-10-4-2-5-11-34)53-49(55-50)35-12-6-3-7-13-35)38-21-20-37-27-39(23-22-36(37)26-38)47-45-31-51-25-24-43(45)44-14-8-9-15-46(44)52-47/h2-31H,1H3. The molecule has 0 saturated heterocycles. The number of nitrogens with zero attached hydrogens (tertiary/aromatic N) is 5. The first-order chi connectivity index (χ1) is 27.1. The normalized spacial score (nSPS) is 11.4. The second-order valence-corrected chi connectivity index (χ2v) is 13.9. The van der Waals surface area contributed by atoms with Gasteiger partial charge < -0.3 is 0 Å². The van der Waals surface area contributed by atoms with Crippen molar-refractivity contribution in [1.29, 1.82) is 0 Å². The highest BCUT2D eigenvalue weighted by atomic mass is 15.0. The van der Waals surface area contributed by atoms with Gasteiger partial charge in [0.1, 0.15) is 0 Å². The van der Waals surface area contributed by atoms with Crippen LogP contribution in [-0.4, -0.2) is 24.9 Å². The Hall–Kier alpha value is -7.37. The third-order valence-corrected chi connectivity index (χ3v) is 10.2. The summed E-state index contributed by atoms with van der Waals surface area (Å²) in [5, 5.41) is 5.61. The number of aromatic nitrogens is 5. The molecule has 0 unspecified atom stereocenters. The zero-order valence-electron chi connectivity index (χ0n) is 30.1. The molecular weight excluding hydrogens is 671 g/mol. The second-order valence-electron chi connectivity index (χ2n) is 13.9. The van der Waals surface area contributed by atoms with Crippen LogP contribution in [0.15, 0.2) is 182 Å². The van der Waals surface area contributed by atoms with Crippen LogP contribution in [-0.2, 0) is 0 Å². The predicted octanol–water partition coefficient (Wildman–Crippen LogP) is 12.4. The summed E-state index contributed by atoms with van der Waals surface area (Å²) < 4.78 is 0. The molecule has 0 aliphatic rings. The monoisotopic (exact) mass is 703 g/mol. The van der Waals surface area contributed by atoms with Crippen LogP contribution in [0, 0.1) is 6.92 Å². The molecule has 5 heteroatoms. The predicted molar refractivity (Wildman–Crippen MR) is 225 cm³/mol. The Kier molecular flexibility index (Phi) is 7.96. The Morgan fingerprint density at radius 2 is 0.891 bits per heavy atom. The molecule has 10 aromatic rings. The van der Waals surface area contributed by atoms with E-state index in [0.29, 0.717) is 17.5 Å². The van der Waals surface area contributed by atoms with Gasteiger partial charge in [-0.2, -0.15) is 0 Å². The maximum absolute atomic E-state index is 5.12. The van der Waals surface area contributed by atoms with Crippen molar-refractivity contribution in [3.05, 3.63) is 188 Å². The van der Waals surface area contributed by atoms with Gasteiger partial charge in [0.15, 0.2) is 17.5 Å². The van der Waals surface area contributed by atoms with E-state index in [-0.39, 0.29) is 0 Å². The minimum absolute atomic E-state index is 0.623. The van der Waals surface area contributed by atoms with Crippen molar-refractivity contribution >= 4 is 32.4 Å². The fourth-order valence-electron chi connectivity index (χ4n) is 7.36. The van der Waals surface area contributed by atoms with Crippen molar-refractivity contribution in [1.82, 2.24) is 24.9 Å². The van der Waals surface area contributed by atoms with Gasteiger partial charge in [0.2, 0.25) is 0 Å². The summed E-state index contributed by atoms with van der Waals surface area (Å²) in [6, 6.07) is 59.2. The lowest BCUT2D eigenvalue weighted by molar-refractivity contribution is 1.07. The van der Waals surface area contributed by atoms with Crippen molar-refractivity contribution in [2.24, 2.45) is 0 Å². The number of benzene rings is 7. The molecule has 0 atom stereocenters. The number of pyridine rings is 2. The Morgan fingerprint density at radius 3 is 1.58 bits per heavy atom. The molecule has 7 aromatic carbocycles. The van der Waals surface area contributed by atoms with Gasteiger partial charge in [-0.15, -0.1) is 0 Å². The highest BCUT2D eigenvalue weighted by Gasteiger charge is 2.16. The Morgan fingerprint density at radius 1 is 0.345 bits per heavy atom. The highest BCUT2D eigenvalue weighted by molar-refractivity contribution is 6.11. The number of rotatable bonds is 6. The number of hydrogen-bond acceptors (Lipinski definition) is 5. The van der Waals surface area contributed by atoms with Crippen molar-refractivity contribution < 1.29 is 0 Å². The van der Waals surface area contributed by atoms with E-state index in [9.17, 15) is 0 Å². The molecule has 10 rings (SSSR count). The zero-order chi connectivity index (χ0) is 36.7. The first-order valence-corrected chi connectivity index (χ1v) is 18.4. The molecular formula is C50H33N5. The van der Waals surface area contributed by atoms with Crippen LogP contribution in [0.25, 0.3) is 100 Å². The van der Waals surface area contributed by atoms with Crippen LogP contribution in [0.3, 0.4) is 0 Å². The average molecular weight is 704 g/mol. The van der Waals surface area contributed by atoms with Gasteiger partial charge >= 0.3 is 0 Å². The summed E-state index contributed by atoms with van der Waals surface area (Å²) in [6.45, 7) is 2.11. The molecule has 0 bridgehead atoms. The second kappa shape index (κ2) is 13.6. The molecule has 258 valence electrons. The van der Waals surface area contributed by atoms with Gasteiger partial charge in [0.25, 0.3) is 0 Å². The largest absolute Gasteiger partial charge is 0.264 e. The van der Waals surface area contributed by atoms with Crippen LogP contribution in [0.2, 0.25) is 0 Å². The molecule has 3 aromatic heterocycles. The topological polar surface area (TPSA) is 64.5 Å². The summed E-state index contributed by atoms with van der Waals surface area (Å²) >= 11 is 0. The maximum Gasteiger partial charge on any atom is 0.164 e. The van der Waals surface area contributed by atoms with Gasteiger partial charge in [-0.05, 0) is 87.8 Å². The molecule has 0 N–H and O–H groups in total. The number of para-hydroxylation sites is 1. The number of fused-ring (bicyclic) bond motifs is 4. The molecule has 0 radical (unpaired) electrons. The quantitative estimate of drug-likeness (QED) is 0.161. The van der Waals surface area contributed by atoms with Crippen LogP contribution in [0.5, 0.6) is 0 Å². The molecule has 55 heavy (non-hydrogen) atoms. The SMILES string of the molecule is Cc1ccc(-c2cc(-c3ccc4cc(-c5nc6ccccc6c6ccncc56)ccc4c3)cc(-c3nc(-c4ccccc4)nc(-c4ccccc4)n3)c2)cc1. The van der Waals surface area contributed by atoms with Gasteiger partial charge in [-0.1, -0.05) is 133 Å². The molecule has 3 heterocycles. The average Bonchev–Trinajstić information content (AvgIpc) is 3.26. The lowest BCUT2D eigenvalue weighted by Gasteiger charge is -2.13. The summed E-state index contributed by atoms with van der Waals surface area (Å²) in [6.07, 6.45) is 3.78. The first-order valence-electron chi connectivity index (χ1n) is 18.4. The molecule has 0 amide bonds. The fraction of sp³-hybridized carbons (Fsp3) is 0.0200. The smallest absolute Gasteiger partial charge is 0.164 e. The molecule has 5 nitrogen and oxygen atoms in total. The molecule has 0 spiro atoms. The minimum Gasteiger partial charge on any atom is -0.264 e. The van der Waals surface area contributed by atoms with Crippen molar-refractivity contribution in [2.45, 2.75) is 6.92 Å². The van der Waals surface area contributed by atoms with E-state index in [1.807, 2.05) is 79.1 Å². The van der Waals surface area contributed by atoms with E-state index in [1.165, 1.54) is 5.56 Å². The Balaban J connectivity index is 1.11. The fourth-order valence-corrected chi connectivity index (χ4v) is 7.36. The summed E-state index contributed by atoms with van der Waals surface area (Å²) in [7, 11) is 0. The lowest BCUT2D eigenvalue weighted by Crippen LogP contribution is -2.00. The molecule has 0 saturated carbocycles. The van der Waals surface area contributed by atoms with Crippen LogP contribution >= 0.6 is 0 Å². The first kappa shape index (κ1) is 32.3. The third-order valence-electron chi connectivity index (χ3n) is 10.2. The van der Waals surface area contributed by atoms with Crippen molar-refractivity contribution in [3.63, 3.8) is 0 Å². The van der Waals surface area contributed by atoms with E-state index in [4.69, 9.17) is 19.9 Å². The van der Waals surface area contributed by atoms with Gasteiger partial charge in [-0.3, -0.25) is 4.98 Å². The number of aryl methyl sites for hydroxylation is 1. The van der Waals surface area contributed by atoms with E-state index in [1.54, 1.807) is 0 Å². The van der Waals surface area contributed by atoms with Gasteiger partial charge in [-0.25, -0.2) is 19.9 Å². The highest BCUT2D eigenvalue weighted by Crippen LogP contribution is 2.37. The van der Waals surface area contributed by atoms with Crippen LogP contribution in [0.1, 0.15) is 5.56 Å². The molecule has 0 aliphatic carbocycles. The van der Waals surface area contributed by atoms with Crippen molar-refractivity contribution in [3.8, 4) is 67.7 Å². The minimum atomic E-state index is 0.623. The maximum atomic E-state index is 5.12. The van der Waals surface area contributed by atoms with Gasteiger partial charge in [0, 0.05) is 45.4 Å². The summed E-state index contributed by atoms with van der Waals surface area (Å²) in [4.78, 5) is 24.7. The van der Waals surface area contributed by atoms with Gasteiger partial charge in [0.05, 0.1) is 11.2 Å². The number of hydrogen-bond donors (Lipinski definition) is 0. The molecule has 0 aliphatic heterocycles.